The molecule has 0 bridgehead atoms. The van der Waals surface area contributed by atoms with Crippen LogP contribution < -0.4 is 5.32 Å². The number of halogens is 4. The molecule has 2 atom stereocenters. The van der Waals surface area contributed by atoms with Gasteiger partial charge in [-0.1, -0.05) is 11.6 Å². The Morgan fingerprint density at radius 3 is 2.68 bits per heavy atom. The molecule has 1 fully saturated rings. The van der Waals surface area contributed by atoms with Gasteiger partial charge in [-0.2, -0.15) is 13.2 Å². The van der Waals surface area contributed by atoms with E-state index in [1.54, 1.807) is 17.0 Å². The number of carbonyl (C=O) groups excluding carboxylic acids is 2. The Hall–Kier alpha value is -4.08. The van der Waals surface area contributed by atoms with Gasteiger partial charge in [0, 0.05) is 29.9 Å². The molecule has 4 rings (SSSR count). The minimum absolute atomic E-state index is 0.0648. The zero-order valence-corrected chi connectivity index (χ0v) is 22.4. The lowest BCUT2D eigenvalue weighted by molar-refractivity contribution is -0.204. The summed E-state index contributed by atoms with van der Waals surface area (Å²) < 4.78 is 46.0. The van der Waals surface area contributed by atoms with Crippen molar-refractivity contribution in [2.75, 3.05) is 26.2 Å². The number of benzene rings is 1. The molecule has 0 aliphatic carbocycles. The van der Waals surface area contributed by atoms with E-state index >= 15 is 0 Å². The Morgan fingerprint density at radius 1 is 1.27 bits per heavy atom. The Kier molecular flexibility index (Phi) is 9.20. The predicted molar refractivity (Wildman–Crippen MR) is 140 cm³/mol. The molecule has 1 aliphatic rings. The Bertz CT molecular complexity index is 1400. The van der Waals surface area contributed by atoms with E-state index in [-0.39, 0.29) is 35.6 Å². The van der Waals surface area contributed by atoms with Gasteiger partial charge in [0.15, 0.2) is 17.6 Å². The topological polar surface area (TPSA) is 150 Å². The van der Waals surface area contributed by atoms with Crippen molar-refractivity contribution in [2.24, 2.45) is 0 Å². The van der Waals surface area contributed by atoms with Crippen molar-refractivity contribution in [3.05, 3.63) is 71.0 Å². The summed E-state index contributed by atoms with van der Waals surface area (Å²) in [6.45, 7) is 1.50. The number of hydrogen-bond acceptors (Lipinski definition) is 8. The number of pyridine rings is 1. The van der Waals surface area contributed by atoms with Crippen LogP contribution in [0.1, 0.15) is 28.8 Å². The van der Waals surface area contributed by atoms with Gasteiger partial charge in [0.2, 0.25) is 0 Å². The van der Waals surface area contributed by atoms with Gasteiger partial charge in [0.05, 0.1) is 31.5 Å². The molecule has 3 N–H and O–H groups in total. The molecule has 3 aromatic rings. The molecule has 3 amide bonds. The SMILES string of the molecule is CC1CN(C(=O)c2ncccc2-n2cnc(CNC(=O)N(C[C@@H](O)C(F)(F)F)C(=N)c3ccc(Cl)cc3)n2)CCO1. The first-order chi connectivity index (χ1) is 19.4. The number of carbonyl (C=O) groups is 2. The summed E-state index contributed by atoms with van der Waals surface area (Å²) >= 11 is 5.84. The van der Waals surface area contributed by atoms with Gasteiger partial charge in [0.25, 0.3) is 5.91 Å². The van der Waals surface area contributed by atoms with Crippen LogP contribution in [0.4, 0.5) is 18.0 Å². The summed E-state index contributed by atoms with van der Waals surface area (Å²) in [6.07, 6.45) is -5.26. The van der Waals surface area contributed by atoms with E-state index in [1.165, 1.54) is 41.5 Å². The summed E-state index contributed by atoms with van der Waals surface area (Å²) in [5.74, 6) is -0.840. The molecular formula is C25H26ClF3N8O4. The molecule has 0 radical (unpaired) electrons. The zero-order chi connectivity index (χ0) is 29.7. The summed E-state index contributed by atoms with van der Waals surface area (Å²) in [5.41, 5.74) is 0.566. The second-order valence-corrected chi connectivity index (χ2v) is 9.53. The smallest absolute Gasteiger partial charge is 0.382 e. The zero-order valence-electron chi connectivity index (χ0n) is 21.7. The van der Waals surface area contributed by atoms with Gasteiger partial charge >= 0.3 is 12.2 Å². The van der Waals surface area contributed by atoms with E-state index in [2.05, 4.69) is 20.4 Å². The lowest BCUT2D eigenvalue weighted by atomic mass is 10.2. The average molecular weight is 595 g/mol. The van der Waals surface area contributed by atoms with Gasteiger partial charge in [-0.25, -0.2) is 19.4 Å². The highest BCUT2D eigenvalue weighted by Crippen LogP contribution is 2.22. The highest BCUT2D eigenvalue weighted by atomic mass is 35.5. The number of rotatable bonds is 7. The molecule has 16 heteroatoms. The fourth-order valence-electron chi connectivity index (χ4n) is 3.96. The van der Waals surface area contributed by atoms with Crippen LogP contribution in [0.5, 0.6) is 0 Å². The van der Waals surface area contributed by atoms with E-state index < -0.39 is 30.7 Å². The number of morpholine rings is 1. The van der Waals surface area contributed by atoms with Gasteiger partial charge in [0.1, 0.15) is 12.2 Å². The van der Waals surface area contributed by atoms with E-state index in [0.717, 1.165) is 0 Å². The van der Waals surface area contributed by atoms with Crippen molar-refractivity contribution in [2.45, 2.75) is 31.9 Å². The van der Waals surface area contributed by atoms with Gasteiger partial charge in [-0.15, -0.1) is 5.10 Å². The maximum atomic E-state index is 13.2. The number of aliphatic hydroxyl groups excluding tert-OH is 1. The molecule has 1 saturated heterocycles. The highest BCUT2D eigenvalue weighted by Gasteiger charge is 2.41. The van der Waals surface area contributed by atoms with Crippen LogP contribution in [0.3, 0.4) is 0 Å². The predicted octanol–water partition coefficient (Wildman–Crippen LogP) is 2.64. The number of amidine groups is 1. The van der Waals surface area contributed by atoms with E-state index in [9.17, 15) is 27.9 Å². The molecule has 1 aliphatic heterocycles. The van der Waals surface area contributed by atoms with Crippen molar-refractivity contribution in [1.29, 1.82) is 5.41 Å². The first-order valence-electron chi connectivity index (χ1n) is 12.4. The largest absolute Gasteiger partial charge is 0.416 e. The van der Waals surface area contributed by atoms with Gasteiger partial charge < -0.3 is 20.1 Å². The molecule has 3 heterocycles. The number of urea groups is 1. The van der Waals surface area contributed by atoms with E-state index in [0.29, 0.717) is 35.3 Å². The van der Waals surface area contributed by atoms with Crippen molar-refractivity contribution in [3.8, 4) is 5.69 Å². The summed E-state index contributed by atoms with van der Waals surface area (Å²) in [5, 5.41) is 24.9. The van der Waals surface area contributed by atoms with Crippen molar-refractivity contribution < 1.29 is 32.6 Å². The minimum Gasteiger partial charge on any atom is -0.382 e. The number of nitrogens with one attached hydrogen (secondary N) is 2. The molecule has 1 aromatic carbocycles. The number of aromatic nitrogens is 4. The Morgan fingerprint density at radius 2 is 2.00 bits per heavy atom. The number of alkyl halides is 3. The van der Waals surface area contributed by atoms with Crippen LogP contribution >= 0.6 is 11.6 Å². The van der Waals surface area contributed by atoms with Crippen LogP contribution in [-0.2, 0) is 11.3 Å². The first kappa shape index (κ1) is 29.9. The van der Waals surface area contributed by atoms with Crippen LogP contribution in [0.25, 0.3) is 5.69 Å². The maximum absolute atomic E-state index is 13.2. The average Bonchev–Trinajstić information content (AvgIpc) is 3.42. The molecule has 0 spiro atoms. The third-order valence-corrected chi connectivity index (χ3v) is 6.32. The molecule has 0 saturated carbocycles. The summed E-state index contributed by atoms with van der Waals surface area (Å²) in [4.78, 5) is 36.5. The monoisotopic (exact) mass is 594 g/mol. The van der Waals surface area contributed by atoms with Crippen LogP contribution in [0.2, 0.25) is 5.02 Å². The lowest BCUT2D eigenvalue weighted by Crippen LogP contribution is -2.50. The van der Waals surface area contributed by atoms with Crippen LogP contribution in [0.15, 0.2) is 48.9 Å². The summed E-state index contributed by atoms with van der Waals surface area (Å²) in [7, 11) is 0. The Labute approximate surface area is 237 Å². The second-order valence-electron chi connectivity index (χ2n) is 9.09. The molecule has 1 unspecified atom stereocenters. The Balaban J connectivity index is 1.49. The molecule has 41 heavy (non-hydrogen) atoms. The normalized spacial score (nSPS) is 16.2. The quantitative estimate of drug-likeness (QED) is 0.281. The van der Waals surface area contributed by atoms with Crippen molar-refractivity contribution in [1.82, 2.24) is 34.9 Å². The van der Waals surface area contributed by atoms with Crippen molar-refractivity contribution >= 4 is 29.4 Å². The fourth-order valence-corrected chi connectivity index (χ4v) is 4.09. The van der Waals surface area contributed by atoms with E-state index in [4.69, 9.17) is 21.7 Å². The minimum atomic E-state index is -5.02. The summed E-state index contributed by atoms with van der Waals surface area (Å²) in [6, 6.07) is 7.68. The maximum Gasteiger partial charge on any atom is 0.416 e. The van der Waals surface area contributed by atoms with Gasteiger partial charge in [-0.05, 0) is 43.3 Å². The molecule has 218 valence electrons. The third kappa shape index (κ3) is 7.36. The van der Waals surface area contributed by atoms with Crippen LogP contribution in [0, 0.1) is 5.41 Å². The van der Waals surface area contributed by atoms with Crippen LogP contribution in [-0.4, -0.2) is 97.1 Å². The number of amides is 3. The fraction of sp³-hybridized carbons (Fsp3) is 0.360. The molecule has 12 nitrogen and oxygen atoms in total. The number of hydrogen-bond donors (Lipinski definition) is 3. The molecular weight excluding hydrogens is 569 g/mol. The number of aliphatic hydroxyl groups is 1. The standard InChI is InChI=1S/C25H26ClF3N8O4/c1-15-12-35(9-10-41-15)23(39)21-18(3-2-8-31-21)37-14-33-20(34-37)11-32-24(40)36(13-19(38)25(27,28)29)22(30)16-4-6-17(26)7-5-16/h2-8,14-15,19,30,38H,9-13H2,1H3,(H,32,40)/t15?,19-/m1/s1. The lowest BCUT2D eigenvalue weighted by Gasteiger charge is -2.31. The molecule has 2 aromatic heterocycles. The third-order valence-electron chi connectivity index (χ3n) is 6.07. The number of ether oxygens (including phenoxy) is 1. The first-order valence-corrected chi connectivity index (χ1v) is 12.7. The van der Waals surface area contributed by atoms with E-state index in [1.807, 2.05) is 6.92 Å². The highest BCUT2D eigenvalue weighted by molar-refractivity contribution is 6.30. The van der Waals surface area contributed by atoms with Crippen molar-refractivity contribution in [3.63, 3.8) is 0 Å². The number of nitrogens with zero attached hydrogens (tertiary/aromatic N) is 6. The van der Waals surface area contributed by atoms with Gasteiger partial charge in [-0.3, -0.25) is 15.1 Å². The second kappa shape index (κ2) is 12.6.